The first-order valence-electron chi connectivity index (χ1n) is 7.01. The normalized spacial score (nSPS) is 20.6. The third kappa shape index (κ3) is 3.13. The van der Waals surface area contributed by atoms with Crippen molar-refractivity contribution in [2.45, 2.75) is 39.8 Å². The fourth-order valence-electron chi connectivity index (χ4n) is 2.47. The molecule has 0 radical (unpaired) electrons. The highest BCUT2D eigenvalue weighted by molar-refractivity contribution is 6.27. The Balaban J connectivity index is 2.56. The van der Waals surface area contributed by atoms with Gasteiger partial charge in [-0.05, 0) is 25.5 Å². The molecule has 0 saturated heterocycles. The molecule has 0 atom stereocenters. The van der Waals surface area contributed by atoms with Gasteiger partial charge in [-0.1, -0.05) is 13.8 Å². The third-order valence-corrected chi connectivity index (χ3v) is 3.97. The van der Waals surface area contributed by atoms with E-state index in [4.69, 9.17) is 0 Å². The van der Waals surface area contributed by atoms with E-state index in [0.717, 1.165) is 6.07 Å². The molecule has 0 aliphatic heterocycles. The van der Waals surface area contributed by atoms with Crippen molar-refractivity contribution in [3.05, 3.63) is 34.7 Å². The summed E-state index contributed by atoms with van der Waals surface area (Å²) in [6.45, 7) is 4.60. The molecule has 1 aliphatic rings. The summed E-state index contributed by atoms with van der Waals surface area (Å²) in [5.41, 5.74) is -2.41. The van der Waals surface area contributed by atoms with Gasteiger partial charge in [-0.3, -0.25) is 9.59 Å². The van der Waals surface area contributed by atoms with Crippen LogP contribution in [0.25, 0.3) is 5.76 Å². The molecule has 0 amide bonds. The van der Waals surface area contributed by atoms with Crippen LogP contribution in [0.3, 0.4) is 0 Å². The van der Waals surface area contributed by atoms with Gasteiger partial charge in [0.05, 0.1) is 0 Å². The molecule has 23 heavy (non-hydrogen) atoms. The van der Waals surface area contributed by atoms with Crippen LogP contribution in [0.5, 0.6) is 0 Å². The number of carbonyl (C=O) groups is 2. The molecule has 1 fully saturated rings. The van der Waals surface area contributed by atoms with Crippen LogP contribution in [0.4, 0.5) is 13.2 Å². The van der Waals surface area contributed by atoms with Gasteiger partial charge in [-0.2, -0.15) is 13.2 Å². The Labute approximate surface area is 131 Å². The Hall–Kier alpha value is -2.18. The predicted molar refractivity (Wildman–Crippen MR) is 76.6 cm³/mol. The molecule has 1 aromatic heterocycles. The number of aromatic nitrogens is 1. The second kappa shape index (κ2) is 5.47. The largest absolute Gasteiger partial charge is 0.506 e. The molecule has 7 heteroatoms. The Morgan fingerprint density at radius 1 is 1.26 bits per heavy atom. The second-order valence-corrected chi connectivity index (χ2v) is 6.19. The van der Waals surface area contributed by atoms with E-state index in [0.29, 0.717) is 12.5 Å². The lowest BCUT2D eigenvalue weighted by atomic mass is 9.72. The Morgan fingerprint density at radius 3 is 2.39 bits per heavy atom. The minimum absolute atomic E-state index is 0.0487. The number of aliphatic hydroxyl groups is 1. The first-order valence-corrected chi connectivity index (χ1v) is 7.01. The topological polar surface area (TPSA) is 67.3 Å². The van der Waals surface area contributed by atoms with Crippen LogP contribution in [0.1, 0.15) is 43.6 Å². The van der Waals surface area contributed by atoms with Crippen molar-refractivity contribution in [1.29, 1.82) is 0 Å². The van der Waals surface area contributed by atoms with Gasteiger partial charge in [0.2, 0.25) is 0 Å². The maximum absolute atomic E-state index is 12.6. The smallest absolute Gasteiger partial charge is 0.433 e. The number of aliphatic hydroxyl groups excluding tert-OH is 1. The number of hydrogen-bond donors (Lipinski definition) is 1. The molecule has 2 rings (SSSR count). The number of Topliss-reactive ketones (excluding diaryl/α,β-unsaturated/α-hetero) is 2. The lowest BCUT2D eigenvalue weighted by molar-refractivity contribution is -0.141. The van der Waals surface area contributed by atoms with Crippen molar-refractivity contribution in [2.75, 3.05) is 0 Å². The molecule has 4 nitrogen and oxygen atoms in total. The van der Waals surface area contributed by atoms with Crippen LogP contribution < -0.4 is 0 Å². The van der Waals surface area contributed by atoms with Crippen molar-refractivity contribution in [3.63, 3.8) is 0 Å². The number of carbonyl (C=O) groups excluding carboxylic acids is 2. The van der Waals surface area contributed by atoms with Crippen molar-refractivity contribution in [1.82, 2.24) is 4.98 Å². The Morgan fingerprint density at radius 2 is 1.87 bits per heavy atom. The summed E-state index contributed by atoms with van der Waals surface area (Å²) in [7, 11) is 0. The van der Waals surface area contributed by atoms with Crippen LogP contribution >= 0.6 is 0 Å². The number of ketones is 2. The number of hydrogen-bond acceptors (Lipinski definition) is 4. The first-order chi connectivity index (χ1) is 10.4. The van der Waals surface area contributed by atoms with E-state index in [1.54, 1.807) is 13.8 Å². The van der Waals surface area contributed by atoms with Crippen molar-refractivity contribution in [2.24, 2.45) is 5.41 Å². The van der Waals surface area contributed by atoms with Gasteiger partial charge in [0, 0.05) is 23.1 Å². The molecule has 0 unspecified atom stereocenters. The molecule has 124 valence electrons. The summed E-state index contributed by atoms with van der Waals surface area (Å²) >= 11 is 0. The number of halogens is 3. The minimum atomic E-state index is -4.61. The summed E-state index contributed by atoms with van der Waals surface area (Å²) < 4.78 is 37.9. The van der Waals surface area contributed by atoms with Crippen molar-refractivity contribution >= 4 is 17.3 Å². The van der Waals surface area contributed by atoms with E-state index in [9.17, 15) is 27.9 Å². The van der Waals surface area contributed by atoms with E-state index >= 15 is 0 Å². The number of pyridine rings is 1. The summed E-state index contributed by atoms with van der Waals surface area (Å²) in [6, 6.07) is 1.73. The molecular formula is C16H16F3NO3. The Kier molecular flexibility index (Phi) is 4.09. The maximum Gasteiger partial charge on any atom is 0.433 e. The van der Waals surface area contributed by atoms with Gasteiger partial charge in [-0.25, -0.2) is 4.98 Å². The lowest BCUT2D eigenvalue weighted by Crippen LogP contribution is -2.35. The molecule has 1 aliphatic carbocycles. The SMILES string of the molecule is Cc1nc(C(F)(F)F)ccc1C(O)=C1C(=O)CCC(C)(C)C1=O. The monoisotopic (exact) mass is 327 g/mol. The highest BCUT2D eigenvalue weighted by Gasteiger charge is 2.41. The molecule has 0 spiro atoms. The van der Waals surface area contributed by atoms with Gasteiger partial charge in [0.15, 0.2) is 11.6 Å². The van der Waals surface area contributed by atoms with E-state index in [1.165, 1.54) is 6.92 Å². The van der Waals surface area contributed by atoms with Crippen LogP contribution in [-0.4, -0.2) is 21.7 Å². The second-order valence-electron chi connectivity index (χ2n) is 6.19. The van der Waals surface area contributed by atoms with E-state index < -0.39 is 34.6 Å². The maximum atomic E-state index is 12.6. The standard InChI is InChI=1S/C16H16F3NO3/c1-8-9(4-5-11(20-8)16(17,18)19)13(22)12-10(21)6-7-15(2,3)14(12)23/h4-5,22H,6-7H2,1-3H3. The highest BCUT2D eigenvalue weighted by Crippen LogP contribution is 2.37. The molecule has 1 N–H and O–H groups in total. The van der Waals surface area contributed by atoms with Gasteiger partial charge in [-0.15, -0.1) is 0 Å². The van der Waals surface area contributed by atoms with Crippen molar-refractivity contribution < 1.29 is 27.9 Å². The zero-order valence-corrected chi connectivity index (χ0v) is 12.9. The van der Waals surface area contributed by atoms with E-state index in [2.05, 4.69) is 4.98 Å². The summed E-state index contributed by atoms with van der Waals surface area (Å²) in [4.78, 5) is 27.8. The quantitative estimate of drug-likeness (QED) is 0.486. The summed E-state index contributed by atoms with van der Waals surface area (Å²) in [5.74, 6) is -1.62. The average Bonchev–Trinajstić information content (AvgIpc) is 2.42. The molecule has 1 heterocycles. The van der Waals surface area contributed by atoms with Gasteiger partial charge >= 0.3 is 6.18 Å². The molecule has 1 saturated carbocycles. The molecule has 0 aromatic carbocycles. The molecular weight excluding hydrogens is 311 g/mol. The highest BCUT2D eigenvalue weighted by atomic mass is 19.4. The zero-order valence-electron chi connectivity index (χ0n) is 12.9. The van der Waals surface area contributed by atoms with E-state index in [1.807, 2.05) is 0 Å². The number of nitrogens with zero attached hydrogens (tertiary/aromatic N) is 1. The first kappa shape index (κ1) is 17.2. The van der Waals surface area contributed by atoms with E-state index in [-0.39, 0.29) is 23.3 Å². The lowest BCUT2D eigenvalue weighted by Gasteiger charge is -2.29. The fourth-order valence-corrected chi connectivity index (χ4v) is 2.47. The number of rotatable bonds is 1. The van der Waals surface area contributed by atoms with Crippen LogP contribution in [0, 0.1) is 12.3 Å². The number of allylic oxidation sites excluding steroid dienone is 1. The number of aryl methyl sites for hydroxylation is 1. The van der Waals surface area contributed by atoms with Crippen LogP contribution in [0.2, 0.25) is 0 Å². The fraction of sp³-hybridized carbons (Fsp3) is 0.438. The Bertz CT molecular complexity index is 718. The summed E-state index contributed by atoms with van der Waals surface area (Å²) in [6.07, 6.45) is -4.14. The average molecular weight is 327 g/mol. The molecule has 0 bridgehead atoms. The number of alkyl halides is 3. The van der Waals surface area contributed by atoms with Gasteiger partial charge < -0.3 is 5.11 Å². The van der Waals surface area contributed by atoms with Gasteiger partial charge in [0.25, 0.3) is 0 Å². The minimum Gasteiger partial charge on any atom is -0.506 e. The van der Waals surface area contributed by atoms with Crippen LogP contribution in [0.15, 0.2) is 17.7 Å². The third-order valence-electron chi connectivity index (χ3n) is 3.97. The molecule has 1 aromatic rings. The van der Waals surface area contributed by atoms with Gasteiger partial charge in [0.1, 0.15) is 17.0 Å². The van der Waals surface area contributed by atoms with Crippen LogP contribution in [-0.2, 0) is 15.8 Å². The summed E-state index contributed by atoms with van der Waals surface area (Å²) in [5, 5.41) is 10.3. The van der Waals surface area contributed by atoms with Crippen molar-refractivity contribution in [3.8, 4) is 0 Å². The predicted octanol–water partition coefficient (Wildman–Crippen LogP) is 3.64. The zero-order chi connectivity index (χ0) is 17.6.